The number of esters is 1. The molecule has 0 bridgehead atoms. The molecule has 138 valence electrons. The molecule has 0 saturated heterocycles. The van der Waals surface area contributed by atoms with E-state index in [1.165, 1.54) is 24.7 Å². The Morgan fingerprint density at radius 2 is 1.96 bits per heavy atom. The molecular weight excluding hydrogens is 340 g/mol. The largest absolute Gasteiger partial charge is 0.448 e. The molecule has 0 aromatic carbocycles. The monoisotopic (exact) mass is 366 g/mol. The van der Waals surface area contributed by atoms with E-state index in [9.17, 15) is 14.4 Å². The fourth-order valence-corrected chi connectivity index (χ4v) is 3.92. The number of ether oxygens (including phenoxy) is 1. The molecule has 7 heteroatoms. The first kappa shape index (κ1) is 19.4. The van der Waals surface area contributed by atoms with Gasteiger partial charge in [0, 0.05) is 10.9 Å². The number of thiophene rings is 1. The summed E-state index contributed by atoms with van der Waals surface area (Å²) in [6.45, 7) is 5.43. The molecule has 0 spiro atoms. The normalized spacial score (nSPS) is 16.1. The van der Waals surface area contributed by atoms with E-state index in [1.54, 1.807) is 6.07 Å². The molecule has 3 amide bonds. The summed E-state index contributed by atoms with van der Waals surface area (Å²) in [6.07, 6.45) is 5.05. The van der Waals surface area contributed by atoms with Crippen LogP contribution in [0.4, 0.5) is 4.79 Å². The Labute approximate surface area is 152 Å². The fourth-order valence-electron chi connectivity index (χ4n) is 2.93. The van der Waals surface area contributed by atoms with Crippen LogP contribution in [0, 0.1) is 6.92 Å². The molecule has 6 nitrogen and oxygen atoms in total. The van der Waals surface area contributed by atoms with Crippen LogP contribution in [-0.4, -0.2) is 30.1 Å². The van der Waals surface area contributed by atoms with Crippen molar-refractivity contribution in [1.29, 1.82) is 0 Å². The highest BCUT2D eigenvalue weighted by Crippen LogP contribution is 2.23. The Hall–Kier alpha value is -1.89. The van der Waals surface area contributed by atoms with Gasteiger partial charge in [0.25, 0.3) is 5.91 Å². The highest BCUT2D eigenvalue weighted by molar-refractivity contribution is 7.14. The molecular formula is C18H26N2O4S. The van der Waals surface area contributed by atoms with E-state index in [1.807, 2.05) is 13.8 Å². The van der Waals surface area contributed by atoms with Gasteiger partial charge in [-0.3, -0.25) is 10.1 Å². The van der Waals surface area contributed by atoms with Gasteiger partial charge in [0.05, 0.1) is 0 Å². The lowest BCUT2D eigenvalue weighted by Crippen LogP contribution is -2.48. The molecule has 0 aliphatic heterocycles. The van der Waals surface area contributed by atoms with Gasteiger partial charge in [0.15, 0.2) is 6.10 Å². The van der Waals surface area contributed by atoms with Crippen LogP contribution in [0.25, 0.3) is 0 Å². The predicted molar refractivity (Wildman–Crippen MR) is 96.9 cm³/mol. The number of amides is 3. The second kappa shape index (κ2) is 8.99. The summed E-state index contributed by atoms with van der Waals surface area (Å²) in [7, 11) is 0. The van der Waals surface area contributed by atoms with E-state index >= 15 is 0 Å². The number of carbonyl (C=O) groups excluding carboxylic acids is 3. The van der Waals surface area contributed by atoms with Gasteiger partial charge in [0.2, 0.25) is 0 Å². The first-order valence-corrected chi connectivity index (χ1v) is 9.64. The van der Waals surface area contributed by atoms with Crippen molar-refractivity contribution in [2.45, 2.75) is 71.4 Å². The average molecular weight is 366 g/mol. The molecule has 1 atom stereocenters. The summed E-state index contributed by atoms with van der Waals surface area (Å²) in [6, 6.07) is 1.35. The van der Waals surface area contributed by atoms with Crippen molar-refractivity contribution >= 4 is 29.2 Å². The van der Waals surface area contributed by atoms with Gasteiger partial charge >= 0.3 is 12.0 Å². The summed E-state index contributed by atoms with van der Waals surface area (Å²) in [5.41, 5.74) is 1.04. The van der Waals surface area contributed by atoms with Crippen molar-refractivity contribution < 1.29 is 19.1 Å². The van der Waals surface area contributed by atoms with Crippen LogP contribution in [0.3, 0.4) is 0 Å². The molecule has 1 fully saturated rings. The SMILES string of the molecule is CCc1sc(C(=O)O[C@@H](C)C(=O)NC(=O)NC2CCCCC2)cc1C. The third-order valence-corrected chi connectivity index (χ3v) is 5.73. The number of hydrogen-bond acceptors (Lipinski definition) is 5. The Balaban J connectivity index is 1.82. The topological polar surface area (TPSA) is 84.5 Å². The maximum absolute atomic E-state index is 12.2. The molecule has 1 saturated carbocycles. The molecule has 1 aliphatic rings. The van der Waals surface area contributed by atoms with Crippen LogP contribution in [0.15, 0.2) is 6.07 Å². The van der Waals surface area contributed by atoms with Crippen LogP contribution in [0.2, 0.25) is 0 Å². The smallest absolute Gasteiger partial charge is 0.349 e. The van der Waals surface area contributed by atoms with Gasteiger partial charge in [-0.1, -0.05) is 26.2 Å². The Morgan fingerprint density at radius 3 is 2.56 bits per heavy atom. The predicted octanol–water partition coefficient (Wildman–Crippen LogP) is 3.32. The maximum atomic E-state index is 12.2. The van der Waals surface area contributed by atoms with E-state index in [2.05, 4.69) is 10.6 Å². The molecule has 1 aliphatic carbocycles. The van der Waals surface area contributed by atoms with Gasteiger partial charge in [-0.25, -0.2) is 9.59 Å². The van der Waals surface area contributed by atoms with E-state index < -0.39 is 24.0 Å². The van der Waals surface area contributed by atoms with Gasteiger partial charge in [0.1, 0.15) is 4.88 Å². The van der Waals surface area contributed by atoms with Gasteiger partial charge in [-0.05, 0) is 44.7 Å². The number of hydrogen-bond donors (Lipinski definition) is 2. The third kappa shape index (κ3) is 5.56. The minimum absolute atomic E-state index is 0.112. The van der Waals surface area contributed by atoms with Crippen LogP contribution in [-0.2, 0) is 16.0 Å². The van der Waals surface area contributed by atoms with Crippen LogP contribution >= 0.6 is 11.3 Å². The molecule has 2 rings (SSSR count). The molecule has 0 unspecified atom stereocenters. The van der Waals surface area contributed by atoms with E-state index in [0.29, 0.717) is 4.88 Å². The van der Waals surface area contributed by atoms with Crippen LogP contribution < -0.4 is 10.6 Å². The van der Waals surface area contributed by atoms with Gasteiger partial charge in [-0.2, -0.15) is 0 Å². The minimum Gasteiger partial charge on any atom is -0.448 e. The number of nitrogens with one attached hydrogen (secondary N) is 2. The van der Waals surface area contributed by atoms with Crippen LogP contribution in [0.5, 0.6) is 0 Å². The summed E-state index contributed by atoms with van der Waals surface area (Å²) < 4.78 is 5.18. The summed E-state index contributed by atoms with van der Waals surface area (Å²) in [4.78, 5) is 37.7. The Bertz CT molecular complexity index is 635. The second-order valence-corrected chi connectivity index (χ2v) is 7.55. The minimum atomic E-state index is -1.03. The zero-order valence-electron chi connectivity index (χ0n) is 15.0. The van der Waals surface area contributed by atoms with E-state index in [-0.39, 0.29) is 6.04 Å². The summed E-state index contributed by atoms with van der Waals surface area (Å²) in [5.74, 6) is -1.16. The first-order valence-electron chi connectivity index (χ1n) is 8.82. The number of aryl methyl sites for hydroxylation is 2. The van der Waals surface area contributed by atoms with Crippen LogP contribution in [0.1, 0.15) is 66.1 Å². The summed E-state index contributed by atoms with van der Waals surface area (Å²) >= 11 is 1.37. The summed E-state index contributed by atoms with van der Waals surface area (Å²) in [5, 5.41) is 5.05. The third-order valence-electron chi connectivity index (χ3n) is 4.37. The number of carbonyl (C=O) groups is 3. The van der Waals surface area contributed by atoms with Crippen molar-refractivity contribution in [1.82, 2.24) is 10.6 Å². The zero-order valence-corrected chi connectivity index (χ0v) is 15.8. The molecule has 2 N–H and O–H groups in total. The van der Waals surface area contributed by atoms with Crippen molar-refractivity contribution in [2.24, 2.45) is 0 Å². The fraction of sp³-hybridized carbons (Fsp3) is 0.611. The van der Waals surface area contributed by atoms with Gasteiger partial charge in [-0.15, -0.1) is 11.3 Å². The quantitative estimate of drug-likeness (QED) is 0.783. The molecule has 1 aromatic rings. The van der Waals surface area contributed by atoms with Crippen molar-refractivity contribution in [3.63, 3.8) is 0 Å². The molecule has 25 heavy (non-hydrogen) atoms. The maximum Gasteiger partial charge on any atom is 0.349 e. The van der Waals surface area contributed by atoms with Crippen molar-refractivity contribution in [3.8, 4) is 0 Å². The molecule has 0 radical (unpaired) electrons. The molecule has 1 aromatic heterocycles. The number of imide groups is 1. The lowest BCUT2D eigenvalue weighted by Gasteiger charge is -2.23. The second-order valence-electron chi connectivity index (χ2n) is 6.42. The van der Waals surface area contributed by atoms with E-state index in [0.717, 1.165) is 42.5 Å². The Kier molecular flexibility index (Phi) is 6.99. The van der Waals surface area contributed by atoms with Crippen molar-refractivity contribution in [3.05, 3.63) is 21.4 Å². The molecule has 1 heterocycles. The number of rotatable bonds is 5. The van der Waals surface area contributed by atoms with E-state index in [4.69, 9.17) is 4.74 Å². The lowest BCUT2D eigenvalue weighted by molar-refractivity contribution is -0.127. The first-order chi connectivity index (χ1) is 11.9. The highest BCUT2D eigenvalue weighted by Gasteiger charge is 2.23. The highest BCUT2D eigenvalue weighted by atomic mass is 32.1. The zero-order chi connectivity index (χ0) is 18.4. The van der Waals surface area contributed by atoms with Crippen molar-refractivity contribution in [2.75, 3.05) is 0 Å². The lowest BCUT2D eigenvalue weighted by atomic mass is 9.96. The standard InChI is InChI=1S/C18H26N2O4S/c1-4-14-11(2)10-15(25-14)17(22)24-12(3)16(21)20-18(23)19-13-8-6-5-7-9-13/h10,12-13H,4-9H2,1-3H3,(H2,19,20,21,23)/t12-/m0/s1. The average Bonchev–Trinajstić information content (AvgIpc) is 2.96. The van der Waals surface area contributed by atoms with Gasteiger partial charge < -0.3 is 10.1 Å². The number of urea groups is 1. The Morgan fingerprint density at radius 1 is 1.28 bits per heavy atom.